The summed E-state index contributed by atoms with van der Waals surface area (Å²) in [6, 6.07) is 26.1. The van der Waals surface area contributed by atoms with Crippen molar-refractivity contribution in [1.29, 1.82) is 0 Å². The molecular formula is C27H21NO4. The van der Waals surface area contributed by atoms with Gasteiger partial charge in [-0.05, 0) is 24.1 Å². The van der Waals surface area contributed by atoms with Crippen molar-refractivity contribution in [3.05, 3.63) is 107 Å². The van der Waals surface area contributed by atoms with Gasteiger partial charge < -0.3 is 9.64 Å². The molecule has 2 aliphatic heterocycles. The first-order chi connectivity index (χ1) is 15.5. The Hall–Kier alpha value is -3.99. The maximum absolute atomic E-state index is 14.1. The van der Waals surface area contributed by atoms with Crippen molar-refractivity contribution < 1.29 is 19.1 Å². The van der Waals surface area contributed by atoms with Crippen molar-refractivity contribution in [3.8, 4) is 0 Å². The fourth-order valence-corrected chi connectivity index (χ4v) is 4.81. The van der Waals surface area contributed by atoms with Crippen LogP contribution in [-0.4, -0.2) is 17.7 Å². The molecule has 0 aromatic heterocycles. The van der Waals surface area contributed by atoms with Crippen LogP contribution in [0.2, 0.25) is 0 Å². The van der Waals surface area contributed by atoms with Gasteiger partial charge in [0.1, 0.15) is 11.2 Å². The van der Waals surface area contributed by atoms with Crippen molar-refractivity contribution in [2.45, 2.75) is 25.3 Å². The highest BCUT2D eigenvalue weighted by molar-refractivity contribution is 6.21. The normalized spacial score (nSPS) is 19.8. The first-order valence-corrected chi connectivity index (χ1v) is 10.5. The Morgan fingerprint density at radius 2 is 1.53 bits per heavy atom. The Morgan fingerprint density at radius 3 is 2.22 bits per heavy atom. The van der Waals surface area contributed by atoms with Gasteiger partial charge in [0.15, 0.2) is 5.78 Å². The molecule has 0 radical (unpaired) electrons. The van der Waals surface area contributed by atoms with Crippen LogP contribution in [0.3, 0.4) is 0 Å². The third-order valence-electron chi connectivity index (χ3n) is 6.12. The molecule has 5 heteroatoms. The lowest BCUT2D eigenvalue weighted by Gasteiger charge is -2.34. The number of para-hydroxylation sites is 1. The number of fused-ring (bicyclic) bond motifs is 2. The summed E-state index contributed by atoms with van der Waals surface area (Å²) in [5.74, 6) is -0.934. The second-order valence-corrected chi connectivity index (χ2v) is 8.08. The molecule has 0 aliphatic carbocycles. The lowest BCUT2D eigenvalue weighted by atomic mass is 9.69. The number of carbonyl (C=O) groups excluding carboxylic acids is 3. The zero-order valence-corrected chi connectivity index (χ0v) is 17.6. The highest BCUT2D eigenvalue weighted by atomic mass is 16.5. The average Bonchev–Trinajstić information content (AvgIpc) is 3.03. The molecule has 158 valence electrons. The fourth-order valence-electron chi connectivity index (χ4n) is 4.81. The van der Waals surface area contributed by atoms with Crippen molar-refractivity contribution in [2.75, 3.05) is 4.90 Å². The molecule has 1 atom stereocenters. The molecule has 0 bridgehead atoms. The summed E-state index contributed by atoms with van der Waals surface area (Å²) in [4.78, 5) is 41.7. The molecule has 5 rings (SSSR count). The number of hydrogen-bond donors (Lipinski definition) is 0. The second kappa shape index (κ2) is 7.61. The predicted molar refractivity (Wildman–Crippen MR) is 121 cm³/mol. The highest BCUT2D eigenvalue weighted by Gasteiger charge is 2.59. The number of rotatable bonds is 4. The van der Waals surface area contributed by atoms with Gasteiger partial charge in [-0.3, -0.25) is 14.4 Å². The zero-order chi connectivity index (χ0) is 22.3. The van der Waals surface area contributed by atoms with Gasteiger partial charge in [0.25, 0.3) is 0 Å². The molecule has 1 spiro atoms. The lowest BCUT2D eigenvalue weighted by Crippen LogP contribution is -2.47. The van der Waals surface area contributed by atoms with Crippen LogP contribution < -0.4 is 4.90 Å². The zero-order valence-electron chi connectivity index (χ0n) is 17.6. The Labute approximate surface area is 185 Å². The number of carbonyl (C=O) groups is 3. The summed E-state index contributed by atoms with van der Waals surface area (Å²) < 4.78 is 5.60. The minimum atomic E-state index is -1.41. The summed E-state index contributed by atoms with van der Waals surface area (Å²) in [6.07, 6.45) is -0.209. The summed E-state index contributed by atoms with van der Waals surface area (Å²) in [5.41, 5.74) is 1.76. The number of anilines is 1. The fraction of sp³-hybridized carbons (Fsp3) is 0.148. The second-order valence-electron chi connectivity index (χ2n) is 8.08. The van der Waals surface area contributed by atoms with E-state index in [9.17, 15) is 14.4 Å². The maximum Gasteiger partial charge on any atom is 0.313 e. The van der Waals surface area contributed by atoms with E-state index in [0.717, 1.165) is 5.56 Å². The molecular weight excluding hydrogens is 402 g/mol. The lowest BCUT2D eigenvalue weighted by molar-refractivity contribution is -0.142. The first-order valence-electron chi connectivity index (χ1n) is 10.5. The quantitative estimate of drug-likeness (QED) is 0.583. The number of ether oxygens (including phenoxy) is 1. The number of nitrogens with zero attached hydrogens (tertiary/aromatic N) is 1. The third-order valence-corrected chi connectivity index (χ3v) is 6.12. The van der Waals surface area contributed by atoms with Gasteiger partial charge in [0.2, 0.25) is 5.91 Å². The molecule has 0 saturated heterocycles. The van der Waals surface area contributed by atoms with Gasteiger partial charge >= 0.3 is 5.97 Å². The first kappa shape index (κ1) is 19.9. The number of hydrogen-bond acceptors (Lipinski definition) is 4. The number of amides is 1. The van der Waals surface area contributed by atoms with E-state index in [1.807, 2.05) is 60.7 Å². The average molecular weight is 423 g/mol. The van der Waals surface area contributed by atoms with E-state index in [2.05, 4.69) is 0 Å². The molecule has 0 N–H and O–H groups in total. The number of cyclic esters (lactones) is 1. The standard InChI is InChI=1S/C27H21NO4/c1-18(29)24-25(20-12-6-3-7-13-20)32-23(30)16-27(24)21-14-8-9-15-22(21)28(26(27)31)17-19-10-4-2-5-11-19/h2-15H,16-17H2,1H3. The highest BCUT2D eigenvalue weighted by Crippen LogP contribution is 2.53. The van der Waals surface area contributed by atoms with E-state index in [-0.39, 0.29) is 29.4 Å². The van der Waals surface area contributed by atoms with E-state index >= 15 is 0 Å². The molecule has 3 aromatic carbocycles. The molecule has 0 saturated carbocycles. The van der Waals surface area contributed by atoms with Crippen molar-refractivity contribution >= 4 is 29.1 Å². The largest absolute Gasteiger partial charge is 0.425 e. The minimum Gasteiger partial charge on any atom is -0.425 e. The van der Waals surface area contributed by atoms with Crippen LogP contribution >= 0.6 is 0 Å². The van der Waals surface area contributed by atoms with Crippen LogP contribution in [0.5, 0.6) is 0 Å². The smallest absolute Gasteiger partial charge is 0.313 e. The number of esters is 1. The van der Waals surface area contributed by atoms with Crippen LogP contribution in [0.15, 0.2) is 90.5 Å². The van der Waals surface area contributed by atoms with Crippen molar-refractivity contribution in [1.82, 2.24) is 0 Å². The third kappa shape index (κ3) is 2.97. The molecule has 1 unspecified atom stereocenters. The molecule has 5 nitrogen and oxygen atoms in total. The monoisotopic (exact) mass is 423 g/mol. The number of benzene rings is 3. The van der Waals surface area contributed by atoms with Gasteiger partial charge in [-0.2, -0.15) is 0 Å². The van der Waals surface area contributed by atoms with E-state index in [0.29, 0.717) is 23.4 Å². The Bertz CT molecular complexity index is 1260. The van der Waals surface area contributed by atoms with Crippen molar-refractivity contribution in [2.24, 2.45) is 0 Å². The molecule has 0 fully saturated rings. The van der Waals surface area contributed by atoms with Crippen LogP contribution in [-0.2, 0) is 31.1 Å². The molecule has 32 heavy (non-hydrogen) atoms. The molecule has 2 heterocycles. The van der Waals surface area contributed by atoms with Gasteiger partial charge in [-0.25, -0.2) is 0 Å². The molecule has 2 aliphatic rings. The van der Waals surface area contributed by atoms with Gasteiger partial charge in [-0.1, -0.05) is 78.9 Å². The van der Waals surface area contributed by atoms with Crippen molar-refractivity contribution in [3.63, 3.8) is 0 Å². The van der Waals surface area contributed by atoms with Crippen LogP contribution in [0.1, 0.15) is 30.0 Å². The van der Waals surface area contributed by atoms with E-state index < -0.39 is 11.4 Å². The summed E-state index contributed by atoms with van der Waals surface area (Å²) >= 11 is 0. The summed E-state index contributed by atoms with van der Waals surface area (Å²) in [6.45, 7) is 1.77. The van der Waals surface area contributed by atoms with Crippen LogP contribution in [0, 0.1) is 0 Å². The Kier molecular flexibility index (Phi) is 4.74. The summed E-state index contributed by atoms with van der Waals surface area (Å²) in [5, 5.41) is 0. The Morgan fingerprint density at radius 1 is 0.906 bits per heavy atom. The van der Waals surface area contributed by atoms with Crippen LogP contribution in [0.25, 0.3) is 5.76 Å². The minimum absolute atomic E-state index is 0.166. The number of Topliss-reactive ketones (excluding diaryl/α,β-unsaturated/α-hetero) is 1. The molecule has 1 amide bonds. The van der Waals surface area contributed by atoms with E-state index in [4.69, 9.17) is 4.74 Å². The van der Waals surface area contributed by atoms with E-state index in [1.54, 1.807) is 29.2 Å². The topological polar surface area (TPSA) is 63.7 Å². The maximum atomic E-state index is 14.1. The predicted octanol–water partition coefficient (Wildman–Crippen LogP) is 4.42. The SMILES string of the molecule is CC(=O)C1=C(c2ccccc2)OC(=O)CC12C(=O)N(Cc1ccccc1)c1ccccc12. The number of ketones is 1. The molecule has 3 aromatic rings. The van der Waals surface area contributed by atoms with Gasteiger partial charge in [-0.15, -0.1) is 0 Å². The van der Waals surface area contributed by atoms with Gasteiger partial charge in [0.05, 0.1) is 18.5 Å². The summed E-state index contributed by atoms with van der Waals surface area (Å²) in [7, 11) is 0. The Balaban J connectivity index is 1.76. The van der Waals surface area contributed by atoms with Crippen LogP contribution in [0.4, 0.5) is 5.69 Å². The van der Waals surface area contributed by atoms with Gasteiger partial charge in [0, 0.05) is 11.3 Å². The van der Waals surface area contributed by atoms with E-state index in [1.165, 1.54) is 6.92 Å².